The van der Waals surface area contributed by atoms with Crippen molar-refractivity contribution in [1.29, 1.82) is 0 Å². The van der Waals surface area contributed by atoms with Gasteiger partial charge in [-0.3, -0.25) is 4.79 Å². The van der Waals surface area contributed by atoms with E-state index in [1.54, 1.807) is 18.2 Å². The van der Waals surface area contributed by atoms with Gasteiger partial charge in [-0.05, 0) is 37.6 Å². The molecule has 3 rings (SSSR count). The zero-order valence-corrected chi connectivity index (χ0v) is 15.6. The maximum atomic E-state index is 14.1. The van der Waals surface area contributed by atoms with Crippen LogP contribution in [-0.2, 0) is 24.1 Å². The summed E-state index contributed by atoms with van der Waals surface area (Å²) < 4.78 is 65.8. The minimum absolute atomic E-state index is 0.0533. The molecule has 0 aliphatic carbocycles. The fourth-order valence-corrected chi connectivity index (χ4v) is 3.48. The largest absolute Gasteiger partial charge is 0.416 e. The Morgan fingerprint density at radius 1 is 1.03 bits per heavy atom. The molecule has 0 bridgehead atoms. The normalized spacial score (nSPS) is 17.2. The molecule has 2 aromatic rings. The summed E-state index contributed by atoms with van der Waals surface area (Å²) in [7, 11) is 0. The lowest BCUT2D eigenvalue weighted by atomic mass is 10.1. The predicted molar refractivity (Wildman–Crippen MR) is 97.7 cm³/mol. The Morgan fingerprint density at radius 3 is 2.48 bits per heavy atom. The van der Waals surface area contributed by atoms with E-state index in [4.69, 9.17) is 0 Å². The number of halogens is 5. The van der Waals surface area contributed by atoms with Crippen LogP contribution in [0.25, 0.3) is 0 Å². The molecule has 0 unspecified atom stereocenters. The second-order valence-corrected chi connectivity index (χ2v) is 7.07. The SMILES string of the molecule is O=C1CC[C@@H](CCNCc2ccccc2F)N1Cc1ccc(C(F)(F)F)cc1F. The smallest absolute Gasteiger partial charge is 0.335 e. The molecule has 1 N–H and O–H groups in total. The molecule has 156 valence electrons. The Hall–Kier alpha value is -2.48. The Bertz CT molecular complexity index is 868. The van der Waals surface area contributed by atoms with Crippen LogP contribution in [0.1, 0.15) is 36.0 Å². The average molecular weight is 412 g/mol. The topological polar surface area (TPSA) is 32.3 Å². The summed E-state index contributed by atoms with van der Waals surface area (Å²) in [6, 6.07) is 8.64. The number of hydrogen-bond acceptors (Lipinski definition) is 2. The van der Waals surface area contributed by atoms with Crippen molar-refractivity contribution in [3.05, 3.63) is 70.8 Å². The molecule has 1 amide bonds. The number of carbonyl (C=O) groups is 1. The first kappa shape index (κ1) is 21.2. The maximum absolute atomic E-state index is 14.1. The number of nitrogens with zero attached hydrogens (tertiary/aromatic N) is 1. The van der Waals surface area contributed by atoms with Crippen molar-refractivity contribution in [1.82, 2.24) is 10.2 Å². The van der Waals surface area contributed by atoms with Crippen LogP contribution in [0.15, 0.2) is 42.5 Å². The van der Waals surface area contributed by atoms with Gasteiger partial charge in [0.2, 0.25) is 5.91 Å². The lowest BCUT2D eigenvalue weighted by Crippen LogP contribution is -2.35. The standard InChI is InChI=1S/C21H21F5N2O/c22-18-4-2-1-3-14(18)12-27-10-9-17-7-8-20(29)28(17)13-15-5-6-16(11-19(15)23)21(24,25)26/h1-6,11,17,27H,7-10,12-13H2/t17-/m0/s1. The van der Waals surface area contributed by atoms with Crippen LogP contribution in [0.4, 0.5) is 22.0 Å². The first-order chi connectivity index (χ1) is 13.8. The van der Waals surface area contributed by atoms with Gasteiger partial charge in [-0.15, -0.1) is 0 Å². The van der Waals surface area contributed by atoms with Crippen LogP contribution < -0.4 is 5.32 Å². The van der Waals surface area contributed by atoms with E-state index in [0.29, 0.717) is 44.0 Å². The van der Waals surface area contributed by atoms with E-state index >= 15 is 0 Å². The highest BCUT2D eigenvalue weighted by atomic mass is 19.4. The van der Waals surface area contributed by atoms with Gasteiger partial charge < -0.3 is 10.2 Å². The van der Waals surface area contributed by atoms with Gasteiger partial charge in [0.15, 0.2) is 0 Å². The Kier molecular flexibility index (Phi) is 6.52. The number of alkyl halides is 3. The van der Waals surface area contributed by atoms with Crippen molar-refractivity contribution < 1.29 is 26.7 Å². The average Bonchev–Trinajstić information content (AvgIpc) is 3.01. The summed E-state index contributed by atoms with van der Waals surface area (Å²) in [5.41, 5.74) is -0.461. The van der Waals surface area contributed by atoms with Crippen LogP contribution in [0, 0.1) is 11.6 Å². The van der Waals surface area contributed by atoms with Crippen LogP contribution in [-0.4, -0.2) is 23.4 Å². The number of benzene rings is 2. The van der Waals surface area contributed by atoms with E-state index < -0.39 is 17.6 Å². The Balaban J connectivity index is 1.57. The molecule has 1 aliphatic heterocycles. The van der Waals surface area contributed by atoms with E-state index in [1.165, 1.54) is 11.0 Å². The molecule has 8 heteroatoms. The summed E-state index contributed by atoms with van der Waals surface area (Å²) >= 11 is 0. The second-order valence-electron chi connectivity index (χ2n) is 7.07. The van der Waals surface area contributed by atoms with Gasteiger partial charge in [-0.1, -0.05) is 24.3 Å². The number of hydrogen-bond donors (Lipinski definition) is 1. The van der Waals surface area contributed by atoms with E-state index in [1.807, 2.05) is 0 Å². The summed E-state index contributed by atoms with van der Waals surface area (Å²) in [5, 5.41) is 3.13. The van der Waals surface area contributed by atoms with Crippen molar-refractivity contribution in [2.45, 2.75) is 44.6 Å². The molecular formula is C21H21F5N2O. The van der Waals surface area contributed by atoms with Gasteiger partial charge in [0.25, 0.3) is 0 Å². The molecule has 2 aromatic carbocycles. The van der Waals surface area contributed by atoms with Crippen LogP contribution >= 0.6 is 0 Å². The molecule has 0 aromatic heterocycles. The minimum atomic E-state index is -4.62. The van der Waals surface area contributed by atoms with Crippen molar-refractivity contribution in [3.63, 3.8) is 0 Å². The van der Waals surface area contributed by atoms with Gasteiger partial charge in [0.1, 0.15) is 11.6 Å². The molecule has 1 heterocycles. The molecule has 29 heavy (non-hydrogen) atoms. The molecule has 1 aliphatic rings. The molecule has 1 saturated heterocycles. The third-order valence-corrected chi connectivity index (χ3v) is 5.10. The van der Waals surface area contributed by atoms with E-state index in [9.17, 15) is 26.7 Å². The predicted octanol–water partition coefficient (Wildman–Crippen LogP) is 4.65. The summed E-state index contributed by atoms with van der Waals surface area (Å²) in [6.07, 6.45) is -3.11. The van der Waals surface area contributed by atoms with Crippen molar-refractivity contribution in [2.75, 3.05) is 6.54 Å². The quantitative estimate of drug-likeness (QED) is 0.530. The molecule has 0 spiro atoms. The van der Waals surface area contributed by atoms with E-state index in [0.717, 1.165) is 12.1 Å². The Labute approximate surface area is 165 Å². The highest BCUT2D eigenvalue weighted by molar-refractivity contribution is 5.78. The summed E-state index contributed by atoms with van der Waals surface area (Å²) in [5.74, 6) is -1.42. The van der Waals surface area contributed by atoms with Crippen molar-refractivity contribution >= 4 is 5.91 Å². The highest BCUT2D eigenvalue weighted by Gasteiger charge is 2.33. The fourth-order valence-electron chi connectivity index (χ4n) is 3.48. The van der Waals surface area contributed by atoms with Crippen molar-refractivity contribution in [2.24, 2.45) is 0 Å². The first-order valence-electron chi connectivity index (χ1n) is 9.35. The third-order valence-electron chi connectivity index (χ3n) is 5.10. The first-order valence-corrected chi connectivity index (χ1v) is 9.35. The van der Waals surface area contributed by atoms with Gasteiger partial charge >= 0.3 is 6.18 Å². The Morgan fingerprint density at radius 2 is 1.79 bits per heavy atom. The van der Waals surface area contributed by atoms with Gasteiger partial charge in [0.05, 0.1) is 5.56 Å². The number of carbonyl (C=O) groups excluding carboxylic acids is 1. The van der Waals surface area contributed by atoms with Crippen LogP contribution in [0.3, 0.4) is 0 Å². The summed E-state index contributed by atoms with van der Waals surface area (Å²) in [6.45, 7) is 0.805. The van der Waals surface area contributed by atoms with Crippen molar-refractivity contribution in [3.8, 4) is 0 Å². The van der Waals surface area contributed by atoms with Gasteiger partial charge in [0, 0.05) is 36.7 Å². The maximum Gasteiger partial charge on any atom is 0.416 e. The van der Waals surface area contributed by atoms with E-state index in [2.05, 4.69) is 5.32 Å². The number of likely N-dealkylation sites (tertiary alicyclic amines) is 1. The molecule has 0 radical (unpaired) electrons. The second kappa shape index (κ2) is 8.90. The highest BCUT2D eigenvalue weighted by Crippen LogP contribution is 2.31. The zero-order chi connectivity index (χ0) is 21.0. The lowest BCUT2D eigenvalue weighted by Gasteiger charge is -2.25. The number of nitrogens with one attached hydrogen (secondary N) is 1. The van der Waals surface area contributed by atoms with E-state index in [-0.39, 0.29) is 29.9 Å². The molecule has 0 saturated carbocycles. The molecule has 3 nitrogen and oxygen atoms in total. The number of rotatable bonds is 7. The van der Waals surface area contributed by atoms with Crippen LogP contribution in [0.5, 0.6) is 0 Å². The molecular weight excluding hydrogens is 391 g/mol. The van der Waals surface area contributed by atoms with Crippen LogP contribution in [0.2, 0.25) is 0 Å². The summed E-state index contributed by atoms with van der Waals surface area (Å²) in [4.78, 5) is 13.7. The molecule has 1 atom stereocenters. The molecule has 1 fully saturated rings. The lowest BCUT2D eigenvalue weighted by molar-refractivity contribution is -0.138. The number of amides is 1. The monoisotopic (exact) mass is 412 g/mol. The fraction of sp³-hybridized carbons (Fsp3) is 0.381. The third kappa shape index (κ3) is 5.32. The van der Waals surface area contributed by atoms with Gasteiger partial charge in [-0.2, -0.15) is 13.2 Å². The zero-order valence-electron chi connectivity index (χ0n) is 15.6. The minimum Gasteiger partial charge on any atom is -0.335 e. The van der Waals surface area contributed by atoms with Gasteiger partial charge in [-0.25, -0.2) is 8.78 Å².